The minimum Gasteiger partial charge on any atom is -0.380 e. The van der Waals surface area contributed by atoms with Crippen LogP contribution >= 0.6 is 27.5 Å². The van der Waals surface area contributed by atoms with Gasteiger partial charge in [0.1, 0.15) is 11.0 Å². The van der Waals surface area contributed by atoms with Crippen LogP contribution in [0.4, 0.5) is 10.1 Å². The number of rotatable bonds is 3. The molecule has 0 spiro atoms. The summed E-state index contributed by atoms with van der Waals surface area (Å²) in [6, 6.07) is 8.55. The molecule has 1 aromatic carbocycles. The van der Waals surface area contributed by atoms with Crippen LogP contribution in [0.3, 0.4) is 0 Å². The maximum Gasteiger partial charge on any atom is 0.137 e. The summed E-state index contributed by atoms with van der Waals surface area (Å²) >= 11 is 8.79. The predicted octanol–water partition coefficient (Wildman–Crippen LogP) is 4.25. The molecule has 1 heterocycles. The van der Waals surface area contributed by atoms with Gasteiger partial charge in [-0.3, -0.25) is 0 Å². The van der Waals surface area contributed by atoms with Crippen molar-refractivity contribution >= 4 is 33.2 Å². The molecule has 0 unspecified atom stereocenters. The molecule has 0 aliphatic carbocycles. The van der Waals surface area contributed by atoms with Crippen molar-refractivity contribution in [2.24, 2.45) is 0 Å². The monoisotopic (exact) mass is 314 g/mol. The van der Waals surface area contributed by atoms with E-state index in [1.807, 2.05) is 12.1 Å². The molecule has 1 aromatic heterocycles. The van der Waals surface area contributed by atoms with E-state index in [9.17, 15) is 4.39 Å². The van der Waals surface area contributed by atoms with Crippen molar-refractivity contribution < 1.29 is 4.39 Å². The highest BCUT2D eigenvalue weighted by Gasteiger charge is 2.00. The zero-order valence-corrected chi connectivity index (χ0v) is 11.1. The molecule has 0 saturated carbocycles. The molecule has 5 heteroatoms. The van der Waals surface area contributed by atoms with E-state index < -0.39 is 0 Å². The van der Waals surface area contributed by atoms with Crippen LogP contribution in [0.15, 0.2) is 41.0 Å². The Kier molecular flexibility index (Phi) is 3.97. The normalized spacial score (nSPS) is 10.3. The zero-order chi connectivity index (χ0) is 12.3. The molecule has 0 atom stereocenters. The summed E-state index contributed by atoms with van der Waals surface area (Å²) in [7, 11) is 0. The van der Waals surface area contributed by atoms with Crippen molar-refractivity contribution in [3.63, 3.8) is 0 Å². The topological polar surface area (TPSA) is 24.9 Å². The Morgan fingerprint density at radius 1 is 1.29 bits per heavy atom. The number of aromatic nitrogens is 1. The van der Waals surface area contributed by atoms with Gasteiger partial charge in [0.25, 0.3) is 0 Å². The molecule has 0 aliphatic rings. The van der Waals surface area contributed by atoms with E-state index in [2.05, 4.69) is 26.2 Å². The van der Waals surface area contributed by atoms with Crippen molar-refractivity contribution in [1.29, 1.82) is 0 Å². The first-order chi connectivity index (χ1) is 8.15. The summed E-state index contributed by atoms with van der Waals surface area (Å²) in [6.45, 7) is 0.535. The van der Waals surface area contributed by atoms with Crippen molar-refractivity contribution in [3.05, 3.63) is 57.5 Å². The summed E-state index contributed by atoms with van der Waals surface area (Å²) in [4.78, 5) is 3.94. The molecule has 2 nitrogen and oxygen atoms in total. The van der Waals surface area contributed by atoms with Gasteiger partial charge in [0.05, 0.1) is 16.4 Å². The van der Waals surface area contributed by atoms with E-state index in [-0.39, 0.29) is 5.82 Å². The third kappa shape index (κ3) is 3.41. The molecule has 0 saturated heterocycles. The van der Waals surface area contributed by atoms with Crippen LogP contribution in [0.1, 0.15) is 5.56 Å². The van der Waals surface area contributed by atoms with Crippen molar-refractivity contribution in [2.75, 3.05) is 5.32 Å². The quantitative estimate of drug-likeness (QED) is 0.857. The standard InChI is InChI=1S/C12H9BrClFN2/c13-10-3-1-8(5-11(10)15)6-16-9-2-4-12(14)17-7-9/h1-5,7,16H,6H2. The lowest BCUT2D eigenvalue weighted by Gasteiger charge is -2.06. The zero-order valence-electron chi connectivity index (χ0n) is 8.75. The fourth-order valence-corrected chi connectivity index (χ4v) is 1.69. The lowest BCUT2D eigenvalue weighted by atomic mass is 10.2. The summed E-state index contributed by atoms with van der Waals surface area (Å²) in [5.74, 6) is -0.265. The van der Waals surface area contributed by atoms with Crippen molar-refractivity contribution in [2.45, 2.75) is 6.54 Å². The molecule has 0 amide bonds. The molecule has 0 fully saturated rings. The number of pyridine rings is 1. The smallest absolute Gasteiger partial charge is 0.137 e. The molecule has 1 N–H and O–H groups in total. The van der Waals surface area contributed by atoms with E-state index in [0.717, 1.165) is 11.3 Å². The van der Waals surface area contributed by atoms with Crippen LogP contribution in [-0.4, -0.2) is 4.98 Å². The van der Waals surface area contributed by atoms with E-state index >= 15 is 0 Å². The van der Waals surface area contributed by atoms with Crippen LogP contribution in [0.25, 0.3) is 0 Å². The Balaban J connectivity index is 2.02. The van der Waals surface area contributed by atoms with Gasteiger partial charge < -0.3 is 5.32 Å². The second-order valence-corrected chi connectivity index (χ2v) is 4.71. The van der Waals surface area contributed by atoms with Crippen LogP contribution < -0.4 is 5.32 Å². The molecule has 0 aliphatic heterocycles. The first kappa shape index (κ1) is 12.3. The fourth-order valence-electron chi connectivity index (χ4n) is 1.33. The second-order valence-electron chi connectivity index (χ2n) is 3.47. The molecule has 0 radical (unpaired) electrons. The van der Waals surface area contributed by atoms with Crippen LogP contribution in [0, 0.1) is 5.82 Å². The third-order valence-corrected chi connectivity index (χ3v) is 3.07. The summed E-state index contributed by atoms with van der Waals surface area (Å²) in [6.07, 6.45) is 1.64. The van der Waals surface area contributed by atoms with Gasteiger partial charge in [0.2, 0.25) is 0 Å². The Morgan fingerprint density at radius 3 is 2.76 bits per heavy atom. The molecule has 0 bridgehead atoms. The van der Waals surface area contributed by atoms with Gasteiger partial charge in [-0.2, -0.15) is 0 Å². The number of anilines is 1. The number of halogens is 3. The van der Waals surface area contributed by atoms with E-state index in [0.29, 0.717) is 16.2 Å². The minimum absolute atomic E-state index is 0.265. The number of benzene rings is 1. The highest BCUT2D eigenvalue weighted by Crippen LogP contribution is 2.17. The highest BCUT2D eigenvalue weighted by atomic mass is 79.9. The van der Waals surface area contributed by atoms with Gasteiger partial charge in [-0.1, -0.05) is 17.7 Å². The van der Waals surface area contributed by atoms with E-state index in [1.54, 1.807) is 18.3 Å². The van der Waals surface area contributed by atoms with Gasteiger partial charge in [-0.15, -0.1) is 0 Å². The number of hydrogen-bond acceptors (Lipinski definition) is 2. The molecule has 17 heavy (non-hydrogen) atoms. The van der Waals surface area contributed by atoms with Crippen LogP contribution in [0.5, 0.6) is 0 Å². The average molecular weight is 316 g/mol. The molecular formula is C12H9BrClFN2. The van der Waals surface area contributed by atoms with Gasteiger partial charge in [-0.05, 0) is 45.8 Å². The average Bonchev–Trinajstić information content (AvgIpc) is 2.33. The predicted molar refractivity (Wildman–Crippen MR) is 70.7 cm³/mol. The van der Waals surface area contributed by atoms with Gasteiger partial charge >= 0.3 is 0 Å². The van der Waals surface area contributed by atoms with E-state index in [1.165, 1.54) is 6.07 Å². The highest BCUT2D eigenvalue weighted by molar-refractivity contribution is 9.10. The van der Waals surface area contributed by atoms with E-state index in [4.69, 9.17) is 11.6 Å². The van der Waals surface area contributed by atoms with Gasteiger partial charge in [0.15, 0.2) is 0 Å². The Bertz CT molecular complexity index is 516. The minimum atomic E-state index is -0.265. The lowest BCUT2D eigenvalue weighted by Crippen LogP contribution is -2.00. The number of hydrogen-bond donors (Lipinski definition) is 1. The molecule has 2 rings (SSSR count). The summed E-state index contributed by atoms with van der Waals surface area (Å²) in [5, 5.41) is 3.58. The van der Waals surface area contributed by atoms with Crippen molar-refractivity contribution in [3.8, 4) is 0 Å². The van der Waals surface area contributed by atoms with Crippen molar-refractivity contribution in [1.82, 2.24) is 4.98 Å². The number of nitrogens with zero attached hydrogens (tertiary/aromatic N) is 1. The maximum atomic E-state index is 13.3. The SMILES string of the molecule is Fc1cc(CNc2ccc(Cl)nc2)ccc1Br. The summed E-state index contributed by atoms with van der Waals surface area (Å²) in [5.41, 5.74) is 1.71. The third-order valence-electron chi connectivity index (χ3n) is 2.21. The second kappa shape index (κ2) is 5.47. The fraction of sp³-hybridized carbons (Fsp3) is 0.0833. The Hall–Kier alpha value is -1.13. The molecular weight excluding hydrogens is 307 g/mol. The summed E-state index contributed by atoms with van der Waals surface area (Å²) < 4.78 is 13.7. The Morgan fingerprint density at radius 2 is 2.12 bits per heavy atom. The maximum absolute atomic E-state index is 13.3. The first-order valence-corrected chi connectivity index (χ1v) is 6.11. The number of nitrogens with one attached hydrogen (secondary N) is 1. The van der Waals surface area contributed by atoms with Crippen LogP contribution in [0.2, 0.25) is 5.15 Å². The van der Waals surface area contributed by atoms with Gasteiger partial charge in [-0.25, -0.2) is 9.37 Å². The lowest BCUT2D eigenvalue weighted by molar-refractivity contribution is 0.619. The van der Waals surface area contributed by atoms with Crippen LogP contribution in [-0.2, 0) is 6.54 Å². The largest absolute Gasteiger partial charge is 0.380 e. The van der Waals surface area contributed by atoms with Gasteiger partial charge in [0, 0.05) is 6.54 Å². The molecule has 88 valence electrons. The Labute approximate surface area is 112 Å². The molecule has 2 aromatic rings. The first-order valence-electron chi connectivity index (χ1n) is 4.94.